The predicted molar refractivity (Wildman–Crippen MR) is 61.5 cm³/mol. The molecule has 0 fully saturated rings. The van der Waals surface area contributed by atoms with E-state index in [1.54, 1.807) is 12.1 Å². The highest BCUT2D eigenvalue weighted by molar-refractivity contribution is 6.35. The van der Waals surface area contributed by atoms with Crippen LogP contribution in [0.2, 0.25) is 5.02 Å². The summed E-state index contributed by atoms with van der Waals surface area (Å²) in [6.45, 7) is -0.486. The third-order valence-corrected chi connectivity index (χ3v) is 2.43. The van der Waals surface area contributed by atoms with Crippen LogP contribution in [0.3, 0.4) is 0 Å². The van der Waals surface area contributed by atoms with Gasteiger partial charge in [0.1, 0.15) is 11.3 Å². The lowest BCUT2D eigenvalue weighted by Crippen LogP contribution is -2.10. The van der Waals surface area contributed by atoms with Crippen molar-refractivity contribution in [3.8, 4) is 11.6 Å². The first kappa shape index (κ1) is 11.5. The largest absolute Gasteiger partial charge is 0.506 e. The van der Waals surface area contributed by atoms with Crippen molar-refractivity contribution in [1.29, 1.82) is 0 Å². The molecule has 17 heavy (non-hydrogen) atoms. The molecule has 0 unspecified atom stereocenters. The van der Waals surface area contributed by atoms with Gasteiger partial charge in [-0.25, -0.2) is 9.78 Å². The van der Waals surface area contributed by atoms with Crippen molar-refractivity contribution in [3.63, 3.8) is 0 Å². The van der Waals surface area contributed by atoms with Crippen molar-refractivity contribution in [2.75, 3.05) is 6.61 Å². The molecule has 2 aromatic rings. The topological polar surface area (TPSA) is 79.7 Å². The van der Waals surface area contributed by atoms with E-state index in [0.717, 1.165) is 0 Å². The molecular formula is C11H8ClNO4. The summed E-state index contributed by atoms with van der Waals surface area (Å²) in [6, 6.07) is 6.08. The zero-order valence-corrected chi connectivity index (χ0v) is 9.31. The second-order valence-electron chi connectivity index (χ2n) is 3.29. The fourth-order valence-electron chi connectivity index (χ4n) is 1.37. The van der Waals surface area contributed by atoms with Crippen LogP contribution in [0.25, 0.3) is 10.9 Å². The first-order valence-electron chi connectivity index (χ1n) is 4.71. The Morgan fingerprint density at radius 3 is 2.82 bits per heavy atom. The quantitative estimate of drug-likeness (QED) is 0.875. The van der Waals surface area contributed by atoms with Crippen LogP contribution < -0.4 is 4.74 Å². The number of aromatic hydroxyl groups is 1. The standard InChI is InChI=1S/C11H8ClNO4/c12-7-2-3-8(14)11-6(7)1-4-9(13-11)17-5-10(15)16/h1-4,14H,5H2,(H,15,16). The maximum absolute atomic E-state index is 10.3. The number of nitrogens with zero attached hydrogens (tertiary/aromatic N) is 1. The monoisotopic (exact) mass is 253 g/mol. The SMILES string of the molecule is O=C(O)COc1ccc2c(Cl)ccc(O)c2n1. The van der Waals surface area contributed by atoms with Crippen LogP contribution in [0.4, 0.5) is 0 Å². The molecule has 1 aromatic carbocycles. The zero-order chi connectivity index (χ0) is 12.4. The maximum atomic E-state index is 10.3. The molecule has 0 aliphatic carbocycles. The third kappa shape index (κ3) is 2.39. The highest BCUT2D eigenvalue weighted by Gasteiger charge is 2.08. The number of fused-ring (bicyclic) bond motifs is 1. The Labute approximate surface area is 101 Å². The summed E-state index contributed by atoms with van der Waals surface area (Å²) >= 11 is 5.92. The van der Waals surface area contributed by atoms with Gasteiger partial charge >= 0.3 is 5.97 Å². The zero-order valence-electron chi connectivity index (χ0n) is 8.55. The van der Waals surface area contributed by atoms with Crippen molar-refractivity contribution in [2.45, 2.75) is 0 Å². The Morgan fingerprint density at radius 1 is 1.35 bits per heavy atom. The number of carbonyl (C=O) groups is 1. The fraction of sp³-hybridized carbons (Fsp3) is 0.0909. The van der Waals surface area contributed by atoms with Gasteiger partial charge in [0.2, 0.25) is 5.88 Å². The molecule has 1 heterocycles. The second kappa shape index (κ2) is 4.47. The molecule has 0 spiro atoms. The molecule has 6 heteroatoms. The van der Waals surface area contributed by atoms with Gasteiger partial charge in [-0.1, -0.05) is 11.6 Å². The number of halogens is 1. The summed E-state index contributed by atoms with van der Waals surface area (Å²) in [7, 11) is 0. The lowest BCUT2D eigenvalue weighted by Gasteiger charge is -2.06. The van der Waals surface area contributed by atoms with Gasteiger partial charge in [-0.15, -0.1) is 0 Å². The highest BCUT2D eigenvalue weighted by atomic mass is 35.5. The van der Waals surface area contributed by atoms with E-state index < -0.39 is 12.6 Å². The Hall–Kier alpha value is -2.01. The van der Waals surface area contributed by atoms with Crippen LogP contribution in [0.5, 0.6) is 11.6 Å². The summed E-state index contributed by atoms with van der Waals surface area (Å²) < 4.78 is 4.91. The van der Waals surface area contributed by atoms with Gasteiger partial charge in [0.15, 0.2) is 6.61 Å². The van der Waals surface area contributed by atoms with Gasteiger partial charge in [-0.3, -0.25) is 0 Å². The molecule has 2 rings (SSSR count). The molecule has 2 N–H and O–H groups in total. The second-order valence-corrected chi connectivity index (χ2v) is 3.70. The number of benzene rings is 1. The molecule has 88 valence electrons. The van der Waals surface area contributed by atoms with Crippen LogP contribution in [-0.4, -0.2) is 27.8 Å². The van der Waals surface area contributed by atoms with E-state index in [2.05, 4.69) is 4.98 Å². The van der Waals surface area contributed by atoms with Gasteiger partial charge in [-0.05, 0) is 18.2 Å². The summed E-state index contributed by atoms with van der Waals surface area (Å²) in [4.78, 5) is 14.3. The molecular weight excluding hydrogens is 246 g/mol. The molecule has 5 nitrogen and oxygen atoms in total. The first-order valence-corrected chi connectivity index (χ1v) is 5.08. The number of ether oxygens (including phenoxy) is 1. The number of carboxylic acids is 1. The molecule has 0 bridgehead atoms. The smallest absolute Gasteiger partial charge is 0.341 e. The fourth-order valence-corrected chi connectivity index (χ4v) is 1.58. The molecule has 0 aliphatic rings. The van der Waals surface area contributed by atoms with Crippen molar-refractivity contribution in [3.05, 3.63) is 29.3 Å². The number of carboxylic acid groups (broad SMARTS) is 1. The molecule has 0 amide bonds. The number of pyridine rings is 1. The van der Waals surface area contributed by atoms with Crippen LogP contribution in [0, 0.1) is 0 Å². The van der Waals surface area contributed by atoms with E-state index in [1.807, 2.05) is 0 Å². The Kier molecular flexibility index (Phi) is 3.01. The number of hydrogen-bond acceptors (Lipinski definition) is 4. The number of hydrogen-bond donors (Lipinski definition) is 2. The van der Waals surface area contributed by atoms with Crippen LogP contribution in [-0.2, 0) is 4.79 Å². The van der Waals surface area contributed by atoms with Gasteiger partial charge in [0.05, 0.1) is 5.02 Å². The minimum absolute atomic E-state index is 0.0369. The average Bonchev–Trinajstić information content (AvgIpc) is 2.31. The van der Waals surface area contributed by atoms with Crippen LogP contribution >= 0.6 is 11.6 Å². The van der Waals surface area contributed by atoms with Gasteiger partial charge in [0.25, 0.3) is 0 Å². The Bertz CT molecular complexity index is 585. The number of aromatic nitrogens is 1. The number of rotatable bonds is 3. The van der Waals surface area contributed by atoms with Gasteiger partial charge in [0, 0.05) is 11.5 Å². The van der Waals surface area contributed by atoms with Crippen LogP contribution in [0.1, 0.15) is 0 Å². The Morgan fingerprint density at radius 2 is 2.12 bits per heavy atom. The van der Waals surface area contributed by atoms with Crippen molar-refractivity contribution >= 4 is 28.5 Å². The lowest BCUT2D eigenvalue weighted by molar-refractivity contribution is -0.139. The van der Waals surface area contributed by atoms with Crippen molar-refractivity contribution < 1.29 is 19.7 Å². The van der Waals surface area contributed by atoms with E-state index in [9.17, 15) is 9.90 Å². The molecule has 0 saturated carbocycles. The first-order chi connectivity index (χ1) is 8.08. The third-order valence-electron chi connectivity index (χ3n) is 2.10. The summed E-state index contributed by atoms with van der Waals surface area (Å²) in [5.41, 5.74) is 0.278. The Balaban J connectivity index is 2.43. The summed E-state index contributed by atoms with van der Waals surface area (Å²) in [5.74, 6) is -1.01. The van der Waals surface area contributed by atoms with Crippen molar-refractivity contribution in [1.82, 2.24) is 4.98 Å². The summed E-state index contributed by atoms with van der Waals surface area (Å²) in [6.07, 6.45) is 0. The minimum Gasteiger partial charge on any atom is -0.506 e. The lowest BCUT2D eigenvalue weighted by atomic mass is 10.2. The highest BCUT2D eigenvalue weighted by Crippen LogP contribution is 2.30. The van der Waals surface area contributed by atoms with E-state index in [1.165, 1.54) is 12.1 Å². The number of phenolic OH excluding ortho intramolecular Hbond substituents is 1. The minimum atomic E-state index is -1.10. The molecule has 0 aliphatic heterocycles. The average molecular weight is 254 g/mol. The number of phenols is 1. The van der Waals surface area contributed by atoms with E-state index >= 15 is 0 Å². The summed E-state index contributed by atoms with van der Waals surface area (Å²) in [5, 5.41) is 19.1. The predicted octanol–water partition coefficient (Wildman–Crippen LogP) is 2.06. The molecule has 0 radical (unpaired) electrons. The normalized spacial score (nSPS) is 10.4. The molecule has 1 aromatic heterocycles. The van der Waals surface area contributed by atoms with Crippen LogP contribution in [0.15, 0.2) is 24.3 Å². The van der Waals surface area contributed by atoms with Gasteiger partial charge < -0.3 is 14.9 Å². The number of aliphatic carboxylic acids is 1. The van der Waals surface area contributed by atoms with Crippen molar-refractivity contribution in [2.24, 2.45) is 0 Å². The molecule has 0 saturated heterocycles. The molecule has 0 atom stereocenters. The van der Waals surface area contributed by atoms with E-state index in [-0.39, 0.29) is 17.1 Å². The van der Waals surface area contributed by atoms with E-state index in [4.69, 9.17) is 21.4 Å². The maximum Gasteiger partial charge on any atom is 0.341 e. The van der Waals surface area contributed by atoms with Gasteiger partial charge in [-0.2, -0.15) is 0 Å². The van der Waals surface area contributed by atoms with E-state index in [0.29, 0.717) is 10.4 Å².